The number of anilines is 1. The molecule has 0 unspecified atom stereocenters. The van der Waals surface area contributed by atoms with Crippen molar-refractivity contribution in [3.63, 3.8) is 0 Å². The second-order valence-corrected chi connectivity index (χ2v) is 8.52. The average Bonchev–Trinajstić information content (AvgIpc) is 3.39. The molecule has 3 aromatic rings. The molecule has 1 N–H and O–H groups in total. The summed E-state index contributed by atoms with van der Waals surface area (Å²) in [5, 5.41) is 3.90. The number of benzene rings is 2. The third-order valence-electron chi connectivity index (χ3n) is 4.95. The van der Waals surface area contributed by atoms with Crippen molar-refractivity contribution in [1.82, 2.24) is 9.88 Å². The fraction of sp³-hybridized carbons (Fsp3) is 0.227. The highest BCUT2D eigenvalue weighted by atomic mass is 35.5. The summed E-state index contributed by atoms with van der Waals surface area (Å²) in [6.45, 7) is 3.15. The van der Waals surface area contributed by atoms with E-state index < -0.39 is 0 Å². The average molecular weight is 444 g/mol. The number of carbonyl (C=O) groups is 2. The smallest absolute Gasteiger partial charge is 0.267 e. The Hall–Kier alpha value is -2.77. The highest BCUT2D eigenvalue weighted by Gasteiger charge is 2.24. The predicted molar refractivity (Wildman–Crippen MR) is 117 cm³/mol. The van der Waals surface area contributed by atoms with Crippen LogP contribution in [0.5, 0.6) is 0 Å². The third-order valence-corrected chi connectivity index (χ3v) is 6.39. The van der Waals surface area contributed by atoms with Crippen molar-refractivity contribution < 1.29 is 14.0 Å². The topological polar surface area (TPSA) is 62.3 Å². The maximum absolute atomic E-state index is 13.2. The SMILES string of the molecule is Cc1nc(-c2ccc(F)cc2)sc1C(=O)Nc1ccc(Cl)cc1C(=O)N1CCCC1. The number of aromatic nitrogens is 1. The first-order valence-electron chi connectivity index (χ1n) is 9.56. The van der Waals surface area contributed by atoms with Gasteiger partial charge >= 0.3 is 0 Å². The fourth-order valence-corrected chi connectivity index (χ4v) is 4.53. The Morgan fingerprint density at radius 1 is 1.13 bits per heavy atom. The largest absolute Gasteiger partial charge is 0.339 e. The minimum absolute atomic E-state index is 0.140. The number of amides is 2. The molecule has 0 spiro atoms. The molecular weight excluding hydrogens is 425 g/mol. The Morgan fingerprint density at radius 2 is 1.83 bits per heavy atom. The number of nitrogens with one attached hydrogen (secondary N) is 1. The zero-order chi connectivity index (χ0) is 21.3. The standard InChI is InChI=1S/C22H19ClFN3O2S/c1-13-19(30-21(25-13)14-4-7-16(24)8-5-14)20(28)26-18-9-6-15(23)12-17(18)22(29)27-10-2-3-11-27/h4-9,12H,2-3,10-11H2,1H3,(H,26,28). The number of halogens is 2. The molecule has 1 aliphatic rings. The van der Waals surface area contributed by atoms with Crippen molar-refractivity contribution in [3.8, 4) is 10.6 Å². The fourth-order valence-electron chi connectivity index (χ4n) is 3.40. The van der Waals surface area contributed by atoms with E-state index in [1.54, 1.807) is 42.2 Å². The van der Waals surface area contributed by atoms with E-state index >= 15 is 0 Å². The number of hydrogen-bond acceptors (Lipinski definition) is 4. The maximum Gasteiger partial charge on any atom is 0.267 e. The van der Waals surface area contributed by atoms with Crippen LogP contribution in [0, 0.1) is 12.7 Å². The summed E-state index contributed by atoms with van der Waals surface area (Å²) in [6, 6.07) is 10.8. The van der Waals surface area contributed by atoms with Crippen LogP contribution in [-0.2, 0) is 0 Å². The van der Waals surface area contributed by atoms with Gasteiger partial charge in [0.25, 0.3) is 11.8 Å². The van der Waals surface area contributed by atoms with Crippen LogP contribution in [0.25, 0.3) is 10.6 Å². The molecule has 5 nitrogen and oxygen atoms in total. The van der Waals surface area contributed by atoms with Crippen LogP contribution in [0.3, 0.4) is 0 Å². The molecule has 30 heavy (non-hydrogen) atoms. The molecule has 8 heteroatoms. The molecule has 0 aliphatic carbocycles. The lowest BCUT2D eigenvalue weighted by molar-refractivity contribution is 0.0794. The van der Waals surface area contributed by atoms with Gasteiger partial charge in [-0.3, -0.25) is 9.59 Å². The van der Waals surface area contributed by atoms with E-state index in [0.717, 1.165) is 18.4 Å². The van der Waals surface area contributed by atoms with Crippen molar-refractivity contribution in [3.05, 3.63) is 69.4 Å². The van der Waals surface area contributed by atoms with Gasteiger partial charge < -0.3 is 10.2 Å². The summed E-state index contributed by atoms with van der Waals surface area (Å²) in [4.78, 5) is 32.5. The third kappa shape index (κ3) is 4.22. The van der Waals surface area contributed by atoms with E-state index in [9.17, 15) is 14.0 Å². The number of hydrogen-bond donors (Lipinski definition) is 1. The molecule has 0 atom stereocenters. The van der Waals surface area contributed by atoms with Gasteiger partial charge in [-0.1, -0.05) is 11.6 Å². The summed E-state index contributed by atoms with van der Waals surface area (Å²) in [5.41, 5.74) is 2.09. The first-order valence-corrected chi connectivity index (χ1v) is 10.8. The van der Waals surface area contributed by atoms with E-state index in [4.69, 9.17) is 11.6 Å². The summed E-state index contributed by atoms with van der Waals surface area (Å²) in [6.07, 6.45) is 1.94. The molecule has 0 saturated carbocycles. The first kappa shape index (κ1) is 20.5. The van der Waals surface area contributed by atoms with Gasteiger partial charge in [-0.05, 0) is 62.2 Å². The van der Waals surface area contributed by atoms with Crippen LogP contribution in [0.1, 0.15) is 38.6 Å². The lowest BCUT2D eigenvalue weighted by Gasteiger charge is -2.18. The molecule has 1 saturated heterocycles. The van der Waals surface area contributed by atoms with Crippen LogP contribution in [-0.4, -0.2) is 34.8 Å². The van der Waals surface area contributed by atoms with Crippen LogP contribution in [0.4, 0.5) is 10.1 Å². The van der Waals surface area contributed by atoms with E-state index in [2.05, 4.69) is 10.3 Å². The van der Waals surface area contributed by atoms with Gasteiger partial charge in [0.05, 0.1) is 16.9 Å². The zero-order valence-electron chi connectivity index (χ0n) is 16.2. The maximum atomic E-state index is 13.2. The number of carbonyl (C=O) groups excluding carboxylic acids is 2. The lowest BCUT2D eigenvalue weighted by Crippen LogP contribution is -2.28. The number of thiazole rings is 1. The van der Waals surface area contributed by atoms with Crippen LogP contribution in [0.2, 0.25) is 5.02 Å². The predicted octanol–water partition coefficient (Wildman–Crippen LogP) is 5.40. The zero-order valence-corrected chi connectivity index (χ0v) is 17.8. The van der Waals surface area contributed by atoms with Gasteiger partial charge in [0.1, 0.15) is 15.7 Å². The minimum atomic E-state index is -0.351. The van der Waals surface area contributed by atoms with Crippen molar-refractivity contribution in [2.24, 2.45) is 0 Å². The van der Waals surface area contributed by atoms with Crippen molar-refractivity contribution in [2.75, 3.05) is 18.4 Å². The molecule has 2 aromatic carbocycles. The minimum Gasteiger partial charge on any atom is -0.339 e. The van der Waals surface area contributed by atoms with Crippen molar-refractivity contribution in [1.29, 1.82) is 0 Å². The van der Waals surface area contributed by atoms with E-state index in [1.807, 2.05) is 0 Å². The molecular formula is C22H19ClFN3O2S. The number of aryl methyl sites for hydroxylation is 1. The van der Waals surface area contributed by atoms with E-state index in [0.29, 0.717) is 44.9 Å². The highest BCUT2D eigenvalue weighted by molar-refractivity contribution is 7.17. The molecule has 1 fully saturated rings. The normalized spacial score (nSPS) is 13.5. The van der Waals surface area contributed by atoms with Crippen LogP contribution in [0.15, 0.2) is 42.5 Å². The van der Waals surface area contributed by atoms with Crippen LogP contribution < -0.4 is 5.32 Å². The Balaban J connectivity index is 1.60. The van der Waals surface area contributed by atoms with Gasteiger partial charge in [-0.2, -0.15) is 0 Å². The molecule has 0 radical (unpaired) electrons. The summed E-state index contributed by atoms with van der Waals surface area (Å²) < 4.78 is 13.2. The monoisotopic (exact) mass is 443 g/mol. The highest BCUT2D eigenvalue weighted by Crippen LogP contribution is 2.30. The van der Waals surface area contributed by atoms with Gasteiger partial charge in [0.15, 0.2) is 0 Å². The Morgan fingerprint density at radius 3 is 2.53 bits per heavy atom. The number of nitrogens with zero attached hydrogens (tertiary/aromatic N) is 2. The van der Waals surface area contributed by atoms with Gasteiger partial charge in [-0.15, -0.1) is 11.3 Å². The molecule has 154 valence electrons. The van der Waals surface area contributed by atoms with Gasteiger partial charge in [0.2, 0.25) is 0 Å². The second kappa shape index (κ2) is 8.53. The summed E-state index contributed by atoms with van der Waals surface area (Å²) in [5.74, 6) is -0.822. The Kier molecular flexibility index (Phi) is 5.83. The Bertz CT molecular complexity index is 1110. The second-order valence-electron chi connectivity index (χ2n) is 7.08. The summed E-state index contributed by atoms with van der Waals surface area (Å²) in [7, 11) is 0. The van der Waals surface area contributed by atoms with Crippen LogP contribution >= 0.6 is 22.9 Å². The van der Waals surface area contributed by atoms with Gasteiger partial charge in [-0.25, -0.2) is 9.37 Å². The summed E-state index contributed by atoms with van der Waals surface area (Å²) >= 11 is 7.33. The number of rotatable bonds is 4. The quantitative estimate of drug-likeness (QED) is 0.587. The van der Waals surface area contributed by atoms with E-state index in [1.165, 1.54) is 23.5 Å². The molecule has 4 rings (SSSR count). The first-order chi connectivity index (χ1) is 14.4. The van der Waals surface area contributed by atoms with Gasteiger partial charge in [0, 0.05) is 23.7 Å². The number of likely N-dealkylation sites (tertiary alicyclic amines) is 1. The lowest BCUT2D eigenvalue weighted by atomic mass is 10.1. The molecule has 1 aliphatic heterocycles. The molecule has 1 aromatic heterocycles. The van der Waals surface area contributed by atoms with E-state index in [-0.39, 0.29) is 17.6 Å². The molecule has 0 bridgehead atoms. The van der Waals surface area contributed by atoms with Crippen molar-refractivity contribution >= 4 is 40.4 Å². The molecule has 2 amide bonds. The van der Waals surface area contributed by atoms with Crippen molar-refractivity contribution in [2.45, 2.75) is 19.8 Å². The molecule has 2 heterocycles. The Labute approximate surface area is 182 Å².